The zero-order valence-electron chi connectivity index (χ0n) is 16.5. The number of aromatic amines is 1. The number of aromatic nitrogens is 8. The van der Waals surface area contributed by atoms with Crippen LogP contribution >= 0.6 is 0 Å². The first-order valence-electron chi connectivity index (χ1n) is 8.53. The van der Waals surface area contributed by atoms with E-state index in [2.05, 4.69) is 26.0 Å². The second kappa shape index (κ2) is 8.98. The summed E-state index contributed by atoms with van der Waals surface area (Å²) < 4.78 is 38.8. The minimum Gasteiger partial charge on any atom is -0.494 e. The molecule has 2 aromatic heterocycles. The molecule has 162 valence electrons. The molecule has 0 fully saturated rings. The fourth-order valence-electron chi connectivity index (χ4n) is 2.47. The Morgan fingerprint density at radius 3 is 1.81 bits per heavy atom. The number of aryl methyl sites for hydroxylation is 1. The predicted octanol–water partition coefficient (Wildman–Crippen LogP) is 0.217. The molecular weight excluding hydrogens is 418 g/mol. The average molecular weight is 434 g/mol. The number of rotatable bonds is 4. The zero-order chi connectivity index (χ0) is 22.5. The fraction of sp³-hybridized carbons (Fsp3) is 0.176. The molecule has 0 saturated carbocycles. The normalized spacial score (nSPS) is 10.4. The molecule has 12 nitrogen and oxygen atoms in total. The topological polar surface area (TPSA) is 135 Å². The predicted molar refractivity (Wildman–Crippen MR) is 102 cm³/mol. The van der Waals surface area contributed by atoms with Crippen molar-refractivity contribution in [1.29, 1.82) is 0 Å². The third kappa shape index (κ3) is 4.47. The molecule has 4 aromatic rings. The van der Waals surface area contributed by atoms with Crippen molar-refractivity contribution in [1.82, 2.24) is 40.0 Å². The summed E-state index contributed by atoms with van der Waals surface area (Å²) >= 11 is 0. The molecule has 2 aromatic carbocycles. The molecule has 0 unspecified atom stereocenters. The van der Waals surface area contributed by atoms with Crippen molar-refractivity contribution in [3.05, 3.63) is 69.0 Å². The van der Waals surface area contributed by atoms with Crippen LogP contribution in [-0.2, 0) is 7.05 Å². The number of ether oxygens (including phenoxy) is 2. The van der Waals surface area contributed by atoms with Gasteiger partial charge in [-0.25, -0.2) is 23.5 Å². The van der Waals surface area contributed by atoms with Gasteiger partial charge in [-0.3, -0.25) is 0 Å². The molecule has 0 bridgehead atoms. The van der Waals surface area contributed by atoms with E-state index in [-0.39, 0.29) is 11.5 Å². The molecule has 0 aliphatic carbocycles. The molecule has 0 saturated heterocycles. The van der Waals surface area contributed by atoms with Crippen molar-refractivity contribution in [3.63, 3.8) is 0 Å². The molecule has 0 atom stereocenters. The van der Waals surface area contributed by atoms with Crippen molar-refractivity contribution in [3.8, 4) is 22.9 Å². The van der Waals surface area contributed by atoms with Gasteiger partial charge in [0.1, 0.15) is 34.5 Å². The first kappa shape index (κ1) is 21.4. The van der Waals surface area contributed by atoms with Gasteiger partial charge in [0.15, 0.2) is 0 Å². The minimum absolute atomic E-state index is 0.214. The number of nitrogens with zero attached hydrogens (tertiary/aromatic N) is 7. The first-order chi connectivity index (χ1) is 14.8. The van der Waals surface area contributed by atoms with Crippen LogP contribution in [0.25, 0.3) is 11.4 Å². The van der Waals surface area contributed by atoms with Gasteiger partial charge in [-0.2, -0.15) is 14.0 Å². The van der Waals surface area contributed by atoms with Crippen molar-refractivity contribution in [2.45, 2.75) is 0 Å². The Labute approximate surface area is 172 Å². The van der Waals surface area contributed by atoms with Crippen LogP contribution in [0, 0.1) is 11.6 Å². The third-order valence-electron chi connectivity index (χ3n) is 3.93. The monoisotopic (exact) mass is 434 g/mol. The molecule has 2 heterocycles. The third-order valence-corrected chi connectivity index (χ3v) is 3.93. The van der Waals surface area contributed by atoms with E-state index in [4.69, 9.17) is 9.47 Å². The standard InChI is InChI=1S/C9H9FN4O2.C8H7FN4O2/c1-13-9(15)14(12-11-13)7-4-3-6(10)5-8(7)16-2;1-15-7-4-5(9)2-3-6(7)13-8(14)10-11-12-13/h3-5H,1-2H3;2-4H,1H3,(H,10,12,14). The molecular formula is C17H16F2N8O4. The van der Waals surface area contributed by atoms with Crippen LogP contribution in [0.2, 0.25) is 0 Å². The van der Waals surface area contributed by atoms with E-state index in [0.29, 0.717) is 11.4 Å². The molecule has 0 aliphatic rings. The second-order valence-corrected chi connectivity index (χ2v) is 5.85. The summed E-state index contributed by atoms with van der Waals surface area (Å²) in [6.07, 6.45) is 0. The number of halogens is 2. The van der Waals surface area contributed by atoms with Crippen molar-refractivity contribution in [2.24, 2.45) is 7.05 Å². The first-order valence-corrected chi connectivity index (χ1v) is 8.53. The lowest BCUT2D eigenvalue weighted by Gasteiger charge is -2.05. The Morgan fingerprint density at radius 2 is 1.39 bits per heavy atom. The van der Waals surface area contributed by atoms with E-state index in [1.54, 1.807) is 0 Å². The lowest BCUT2D eigenvalue weighted by molar-refractivity contribution is 0.407. The van der Waals surface area contributed by atoms with Crippen LogP contribution in [0.3, 0.4) is 0 Å². The van der Waals surface area contributed by atoms with Crippen LogP contribution in [-0.4, -0.2) is 54.2 Å². The number of hydrogen-bond donors (Lipinski definition) is 1. The van der Waals surface area contributed by atoms with Gasteiger partial charge in [0.05, 0.1) is 14.2 Å². The summed E-state index contributed by atoms with van der Waals surface area (Å²) in [5.41, 5.74) is -0.260. The average Bonchev–Trinajstić information content (AvgIpc) is 3.33. The van der Waals surface area contributed by atoms with Gasteiger partial charge in [-0.15, -0.1) is 0 Å². The Kier molecular flexibility index (Phi) is 6.18. The number of hydrogen-bond acceptors (Lipinski definition) is 8. The summed E-state index contributed by atoms with van der Waals surface area (Å²) in [5.74, 6) is -0.460. The molecule has 0 amide bonds. The SMILES string of the molecule is COc1cc(F)ccc1-n1nn[nH]c1=O.COc1cc(F)ccc1-n1nnn(C)c1=O. The minimum atomic E-state index is -0.514. The largest absolute Gasteiger partial charge is 0.494 e. The maximum atomic E-state index is 12.9. The number of tetrazole rings is 2. The lowest BCUT2D eigenvalue weighted by atomic mass is 10.3. The molecule has 0 radical (unpaired) electrons. The van der Waals surface area contributed by atoms with Crippen LogP contribution in [0.5, 0.6) is 11.5 Å². The summed E-state index contributed by atoms with van der Waals surface area (Å²) in [5, 5.41) is 16.2. The van der Waals surface area contributed by atoms with Crippen LogP contribution < -0.4 is 20.9 Å². The molecule has 4 rings (SSSR count). The van der Waals surface area contributed by atoms with Crippen LogP contribution in [0.1, 0.15) is 0 Å². The summed E-state index contributed by atoms with van der Waals surface area (Å²) in [4.78, 5) is 22.8. The Hall–Kier alpha value is -4.36. The van der Waals surface area contributed by atoms with E-state index in [9.17, 15) is 18.4 Å². The second-order valence-electron chi connectivity index (χ2n) is 5.85. The summed E-state index contributed by atoms with van der Waals surface area (Å²) in [7, 11) is 4.24. The highest BCUT2D eigenvalue weighted by Crippen LogP contribution is 2.22. The molecule has 0 spiro atoms. The Bertz CT molecular complexity index is 1310. The Balaban J connectivity index is 0.000000176. The smallest absolute Gasteiger partial charge is 0.368 e. The maximum absolute atomic E-state index is 12.9. The van der Waals surface area contributed by atoms with Gasteiger partial charge >= 0.3 is 11.4 Å². The van der Waals surface area contributed by atoms with Gasteiger partial charge in [-0.05, 0) is 45.1 Å². The quantitative estimate of drug-likeness (QED) is 0.482. The van der Waals surface area contributed by atoms with Gasteiger partial charge < -0.3 is 9.47 Å². The fourth-order valence-corrected chi connectivity index (χ4v) is 2.47. The highest BCUT2D eigenvalue weighted by molar-refractivity contribution is 5.46. The van der Waals surface area contributed by atoms with Crippen molar-refractivity contribution in [2.75, 3.05) is 14.2 Å². The van der Waals surface area contributed by atoms with E-state index >= 15 is 0 Å². The molecule has 31 heavy (non-hydrogen) atoms. The molecule has 14 heteroatoms. The van der Waals surface area contributed by atoms with E-state index in [1.807, 2.05) is 0 Å². The van der Waals surface area contributed by atoms with Crippen LogP contribution in [0.4, 0.5) is 8.78 Å². The zero-order valence-corrected chi connectivity index (χ0v) is 16.5. The van der Waals surface area contributed by atoms with Gasteiger partial charge in [0, 0.05) is 19.2 Å². The highest BCUT2D eigenvalue weighted by Gasteiger charge is 2.12. The summed E-state index contributed by atoms with van der Waals surface area (Å²) in [6.45, 7) is 0. The number of methoxy groups -OCH3 is 2. The van der Waals surface area contributed by atoms with Gasteiger partial charge in [0.2, 0.25) is 0 Å². The van der Waals surface area contributed by atoms with Gasteiger partial charge in [0.25, 0.3) is 0 Å². The summed E-state index contributed by atoms with van der Waals surface area (Å²) in [6, 6.07) is 7.56. The molecule has 1 N–H and O–H groups in total. The Morgan fingerprint density at radius 1 is 0.839 bits per heavy atom. The van der Waals surface area contributed by atoms with E-state index in [1.165, 1.54) is 51.6 Å². The van der Waals surface area contributed by atoms with Crippen LogP contribution in [0.15, 0.2) is 46.0 Å². The highest BCUT2D eigenvalue weighted by atomic mass is 19.1. The lowest BCUT2D eigenvalue weighted by Crippen LogP contribution is -2.22. The van der Waals surface area contributed by atoms with Crippen molar-refractivity contribution >= 4 is 0 Å². The van der Waals surface area contributed by atoms with E-state index < -0.39 is 23.0 Å². The maximum Gasteiger partial charge on any atom is 0.368 e. The number of H-pyrrole nitrogens is 1. The van der Waals surface area contributed by atoms with E-state index in [0.717, 1.165) is 20.1 Å². The number of nitrogens with one attached hydrogen (secondary N) is 1. The number of benzene rings is 2. The van der Waals surface area contributed by atoms with Gasteiger partial charge in [-0.1, -0.05) is 0 Å². The van der Waals surface area contributed by atoms with Crippen molar-refractivity contribution < 1.29 is 18.3 Å². The molecule has 0 aliphatic heterocycles.